The molecule has 3 fully saturated rings. The van der Waals surface area contributed by atoms with Gasteiger partial charge in [-0.3, -0.25) is 0 Å². The van der Waals surface area contributed by atoms with Crippen LogP contribution in [-0.2, 0) is 19.1 Å². The molecule has 0 aromatic heterocycles. The Morgan fingerprint density at radius 2 is 2.00 bits per heavy atom. The van der Waals surface area contributed by atoms with E-state index in [9.17, 15) is 14.7 Å². The molecule has 1 aliphatic heterocycles. The quantitative estimate of drug-likeness (QED) is 0.344. The van der Waals surface area contributed by atoms with Crippen molar-refractivity contribution in [1.29, 1.82) is 0 Å². The molecule has 6 unspecified atom stereocenters. The first-order valence-electron chi connectivity index (χ1n) is 8.22. The second-order valence-corrected chi connectivity index (χ2v) is 7.00. The summed E-state index contributed by atoms with van der Waals surface area (Å²) < 4.78 is 11.1. The van der Waals surface area contributed by atoms with E-state index in [-0.39, 0.29) is 23.0 Å². The van der Waals surface area contributed by atoms with E-state index in [2.05, 4.69) is 19.7 Å². The average molecular weight is 346 g/mol. The molecule has 2 N–H and O–H groups in total. The van der Waals surface area contributed by atoms with E-state index in [0.29, 0.717) is 24.7 Å². The minimum atomic E-state index is -0.672. The number of aliphatic hydroxyl groups is 2. The van der Waals surface area contributed by atoms with Gasteiger partial charge in [-0.2, -0.15) is 0 Å². The van der Waals surface area contributed by atoms with Crippen molar-refractivity contribution in [2.45, 2.75) is 38.1 Å². The van der Waals surface area contributed by atoms with E-state index in [1.165, 1.54) is 6.92 Å². The standard InChI is InChI=1S/C19H22O6/c1-8-5-14(24-18(22)9(2)7-20)16-11(4)19(23)25-17(16)15-10(3)13(21)6-12(8)15/h7,12-17,20-21H,1,3-6H2,2H3. The fraction of sp³-hybridized carbons (Fsp3) is 0.474. The number of hydrogen-bond acceptors (Lipinski definition) is 6. The number of aliphatic hydroxyl groups excluding tert-OH is 2. The summed E-state index contributed by atoms with van der Waals surface area (Å²) in [4.78, 5) is 24.2. The zero-order valence-electron chi connectivity index (χ0n) is 14.1. The molecule has 1 saturated heterocycles. The highest BCUT2D eigenvalue weighted by atomic mass is 16.6. The molecule has 134 valence electrons. The van der Waals surface area contributed by atoms with Crippen molar-refractivity contribution < 1.29 is 29.3 Å². The minimum Gasteiger partial charge on any atom is -0.515 e. The summed E-state index contributed by atoms with van der Waals surface area (Å²) in [6.07, 6.45) is -0.448. The van der Waals surface area contributed by atoms with Crippen LogP contribution in [0.5, 0.6) is 0 Å². The molecule has 25 heavy (non-hydrogen) atoms. The van der Waals surface area contributed by atoms with Crippen molar-refractivity contribution in [2.24, 2.45) is 17.8 Å². The SMILES string of the molecule is C=C1CC(OC(=O)C(C)=CO)C2C(=C)C(=O)OC2C2C(=C)C(O)CC12. The van der Waals surface area contributed by atoms with Gasteiger partial charge in [0.05, 0.1) is 23.9 Å². The minimum absolute atomic E-state index is 0.0577. The normalized spacial score (nSPS) is 38.1. The molecule has 0 aromatic rings. The molecule has 0 aromatic carbocycles. The second kappa shape index (κ2) is 6.19. The lowest BCUT2D eigenvalue weighted by Gasteiger charge is -2.28. The maximum absolute atomic E-state index is 12.1. The van der Waals surface area contributed by atoms with Crippen LogP contribution in [0.1, 0.15) is 19.8 Å². The number of hydrogen-bond donors (Lipinski definition) is 2. The highest BCUT2D eigenvalue weighted by Crippen LogP contribution is 2.52. The molecule has 0 spiro atoms. The van der Waals surface area contributed by atoms with Crippen molar-refractivity contribution in [3.63, 3.8) is 0 Å². The van der Waals surface area contributed by atoms with Gasteiger partial charge in [0.2, 0.25) is 0 Å². The van der Waals surface area contributed by atoms with E-state index in [4.69, 9.17) is 14.6 Å². The number of fused-ring (bicyclic) bond motifs is 3. The van der Waals surface area contributed by atoms with Crippen molar-refractivity contribution in [2.75, 3.05) is 0 Å². The van der Waals surface area contributed by atoms with Gasteiger partial charge >= 0.3 is 11.9 Å². The Kier molecular flexibility index (Phi) is 4.33. The second-order valence-electron chi connectivity index (χ2n) is 7.00. The van der Waals surface area contributed by atoms with Gasteiger partial charge in [-0.1, -0.05) is 25.3 Å². The summed E-state index contributed by atoms with van der Waals surface area (Å²) in [6, 6.07) is 0. The highest BCUT2D eigenvalue weighted by Gasteiger charge is 2.56. The number of carbonyl (C=O) groups excluding carboxylic acids is 2. The van der Waals surface area contributed by atoms with Crippen LogP contribution in [0, 0.1) is 17.8 Å². The monoisotopic (exact) mass is 346 g/mol. The van der Waals surface area contributed by atoms with E-state index in [0.717, 1.165) is 5.57 Å². The summed E-state index contributed by atoms with van der Waals surface area (Å²) in [5, 5.41) is 19.2. The average Bonchev–Trinajstić information content (AvgIpc) is 2.99. The predicted molar refractivity (Wildman–Crippen MR) is 89.3 cm³/mol. The van der Waals surface area contributed by atoms with Crippen molar-refractivity contribution >= 4 is 11.9 Å². The maximum Gasteiger partial charge on any atom is 0.337 e. The molecule has 2 saturated carbocycles. The number of rotatable bonds is 2. The molecular weight excluding hydrogens is 324 g/mol. The van der Waals surface area contributed by atoms with E-state index in [1.54, 1.807) is 0 Å². The van der Waals surface area contributed by atoms with Gasteiger partial charge in [0.25, 0.3) is 0 Å². The van der Waals surface area contributed by atoms with Gasteiger partial charge in [0, 0.05) is 17.9 Å². The van der Waals surface area contributed by atoms with Gasteiger partial charge in [0.15, 0.2) is 0 Å². The smallest absolute Gasteiger partial charge is 0.337 e. The highest BCUT2D eigenvalue weighted by molar-refractivity contribution is 5.91. The first-order chi connectivity index (χ1) is 11.8. The first kappa shape index (κ1) is 17.5. The Hall–Kier alpha value is -2.34. The summed E-state index contributed by atoms with van der Waals surface area (Å²) in [6.45, 7) is 13.3. The molecule has 3 rings (SSSR count). The van der Waals surface area contributed by atoms with Crippen LogP contribution >= 0.6 is 0 Å². The van der Waals surface area contributed by atoms with Crippen LogP contribution in [0.4, 0.5) is 0 Å². The third-order valence-electron chi connectivity index (χ3n) is 5.54. The van der Waals surface area contributed by atoms with Crippen LogP contribution < -0.4 is 0 Å². The van der Waals surface area contributed by atoms with Crippen molar-refractivity contribution in [3.05, 3.63) is 48.3 Å². The lowest BCUT2D eigenvalue weighted by molar-refractivity contribution is -0.148. The van der Waals surface area contributed by atoms with Crippen LogP contribution in [0.2, 0.25) is 0 Å². The number of esters is 2. The Balaban J connectivity index is 1.98. The molecule has 0 amide bonds. The third kappa shape index (κ3) is 2.70. The molecular formula is C19H22O6. The largest absolute Gasteiger partial charge is 0.515 e. The fourth-order valence-corrected chi connectivity index (χ4v) is 4.15. The third-order valence-corrected chi connectivity index (χ3v) is 5.54. The maximum atomic E-state index is 12.1. The Labute approximate surface area is 146 Å². The van der Waals surface area contributed by atoms with Crippen LogP contribution in [0.25, 0.3) is 0 Å². The molecule has 0 bridgehead atoms. The Morgan fingerprint density at radius 1 is 1.32 bits per heavy atom. The summed E-state index contributed by atoms with van der Waals surface area (Å²) in [5.74, 6) is -2.08. The van der Waals surface area contributed by atoms with Crippen molar-refractivity contribution in [1.82, 2.24) is 0 Å². The molecule has 6 nitrogen and oxygen atoms in total. The van der Waals surface area contributed by atoms with Gasteiger partial charge < -0.3 is 19.7 Å². The van der Waals surface area contributed by atoms with Crippen LogP contribution in [0.15, 0.2) is 48.3 Å². The number of carbonyl (C=O) groups is 2. The zero-order valence-corrected chi connectivity index (χ0v) is 14.1. The zero-order chi connectivity index (χ0) is 18.5. The van der Waals surface area contributed by atoms with Gasteiger partial charge in [0.1, 0.15) is 12.2 Å². The van der Waals surface area contributed by atoms with Crippen molar-refractivity contribution in [3.8, 4) is 0 Å². The number of ether oxygens (including phenoxy) is 2. The molecule has 0 radical (unpaired) electrons. The Bertz CT molecular complexity index is 703. The lowest BCUT2D eigenvalue weighted by atomic mass is 9.81. The van der Waals surface area contributed by atoms with Crippen LogP contribution in [0.3, 0.4) is 0 Å². The summed E-state index contributed by atoms with van der Waals surface area (Å²) in [7, 11) is 0. The Morgan fingerprint density at radius 3 is 2.64 bits per heavy atom. The van der Waals surface area contributed by atoms with Gasteiger partial charge in [-0.25, -0.2) is 9.59 Å². The van der Waals surface area contributed by atoms with Crippen LogP contribution in [-0.4, -0.2) is 40.5 Å². The molecule has 2 aliphatic carbocycles. The summed E-state index contributed by atoms with van der Waals surface area (Å²) >= 11 is 0. The summed E-state index contributed by atoms with van der Waals surface area (Å²) in [5.41, 5.74) is 1.74. The topological polar surface area (TPSA) is 93.1 Å². The molecule has 3 aliphatic rings. The lowest BCUT2D eigenvalue weighted by Crippen LogP contribution is -2.36. The van der Waals surface area contributed by atoms with Gasteiger partial charge in [-0.15, -0.1) is 0 Å². The molecule has 6 heteroatoms. The van der Waals surface area contributed by atoms with E-state index >= 15 is 0 Å². The van der Waals surface area contributed by atoms with E-state index in [1.807, 2.05) is 0 Å². The molecule has 6 atom stereocenters. The predicted octanol–water partition coefficient (Wildman–Crippen LogP) is 1.97. The van der Waals surface area contributed by atoms with Gasteiger partial charge in [-0.05, 0) is 24.8 Å². The fourth-order valence-electron chi connectivity index (χ4n) is 4.15. The molecule has 1 heterocycles. The first-order valence-corrected chi connectivity index (χ1v) is 8.22. The van der Waals surface area contributed by atoms with E-state index < -0.39 is 36.2 Å².